The Kier molecular flexibility index (Phi) is 3.84. The van der Waals surface area contributed by atoms with Crippen LogP contribution < -0.4 is 5.32 Å². The van der Waals surface area contributed by atoms with Gasteiger partial charge in [-0.05, 0) is 43.3 Å². The third-order valence-electron chi connectivity index (χ3n) is 3.68. The number of benzene rings is 2. The summed E-state index contributed by atoms with van der Waals surface area (Å²) in [6, 6.07) is 19.8. The molecule has 1 aromatic heterocycles. The van der Waals surface area contributed by atoms with Gasteiger partial charge in [0.15, 0.2) is 0 Å². The Hall–Kier alpha value is -2.39. The van der Waals surface area contributed by atoms with Crippen LogP contribution in [0.25, 0.3) is 10.9 Å². The van der Waals surface area contributed by atoms with E-state index >= 15 is 0 Å². The number of hydrogen-bond acceptors (Lipinski definition) is 3. The standard InChI is InChI=1S/C18H18N2O/c1-19-18(12-13-5-4-7-15(21)11-13)17-10-9-14-6-2-3-8-16(14)20-17/h2-11,18-19,21H,12H2,1H3. The molecule has 3 heteroatoms. The third-order valence-corrected chi connectivity index (χ3v) is 3.68. The maximum Gasteiger partial charge on any atom is 0.115 e. The molecule has 1 heterocycles. The molecule has 3 nitrogen and oxygen atoms in total. The molecule has 0 amide bonds. The van der Waals surface area contributed by atoms with E-state index in [9.17, 15) is 5.11 Å². The van der Waals surface area contributed by atoms with Crippen molar-refractivity contribution < 1.29 is 5.11 Å². The first kappa shape index (κ1) is 13.6. The maximum atomic E-state index is 9.57. The van der Waals surface area contributed by atoms with Gasteiger partial charge in [0.1, 0.15) is 5.75 Å². The van der Waals surface area contributed by atoms with E-state index in [4.69, 9.17) is 4.98 Å². The number of para-hydroxylation sites is 1. The number of nitrogens with zero attached hydrogens (tertiary/aromatic N) is 1. The number of rotatable bonds is 4. The molecule has 0 saturated heterocycles. The van der Waals surface area contributed by atoms with Crippen LogP contribution >= 0.6 is 0 Å². The van der Waals surface area contributed by atoms with Gasteiger partial charge in [0, 0.05) is 5.39 Å². The highest BCUT2D eigenvalue weighted by Crippen LogP contribution is 2.21. The van der Waals surface area contributed by atoms with Gasteiger partial charge in [0.05, 0.1) is 17.3 Å². The minimum Gasteiger partial charge on any atom is -0.508 e. The third kappa shape index (κ3) is 3.03. The largest absolute Gasteiger partial charge is 0.508 e. The molecule has 0 aliphatic rings. The van der Waals surface area contributed by atoms with E-state index in [-0.39, 0.29) is 6.04 Å². The molecule has 2 N–H and O–H groups in total. The molecule has 1 unspecified atom stereocenters. The summed E-state index contributed by atoms with van der Waals surface area (Å²) in [7, 11) is 1.93. The van der Waals surface area contributed by atoms with Crippen LogP contribution in [0.1, 0.15) is 17.3 Å². The summed E-state index contributed by atoms with van der Waals surface area (Å²) in [5, 5.41) is 14.0. The summed E-state index contributed by atoms with van der Waals surface area (Å²) in [5.41, 5.74) is 3.11. The van der Waals surface area contributed by atoms with E-state index in [1.54, 1.807) is 12.1 Å². The second kappa shape index (κ2) is 5.94. The number of aromatic hydroxyl groups is 1. The average Bonchev–Trinajstić information content (AvgIpc) is 2.52. The highest BCUT2D eigenvalue weighted by atomic mass is 16.3. The first-order valence-electron chi connectivity index (χ1n) is 7.07. The molecule has 3 rings (SSSR count). The van der Waals surface area contributed by atoms with Gasteiger partial charge in [-0.3, -0.25) is 4.98 Å². The molecule has 1 atom stereocenters. The van der Waals surface area contributed by atoms with Crippen molar-refractivity contribution >= 4 is 10.9 Å². The van der Waals surface area contributed by atoms with E-state index in [0.29, 0.717) is 5.75 Å². The molecule has 3 aromatic rings. The van der Waals surface area contributed by atoms with Crippen LogP contribution in [0, 0.1) is 0 Å². The Bertz CT molecular complexity index is 755. The zero-order chi connectivity index (χ0) is 14.7. The van der Waals surface area contributed by atoms with Crippen LogP contribution in [-0.4, -0.2) is 17.1 Å². The highest BCUT2D eigenvalue weighted by Gasteiger charge is 2.12. The molecule has 106 valence electrons. The van der Waals surface area contributed by atoms with Gasteiger partial charge in [0.2, 0.25) is 0 Å². The monoisotopic (exact) mass is 278 g/mol. The van der Waals surface area contributed by atoms with Crippen LogP contribution in [0.15, 0.2) is 60.7 Å². The van der Waals surface area contributed by atoms with Crippen LogP contribution in [0.2, 0.25) is 0 Å². The van der Waals surface area contributed by atoms with Crippen LogP contribution in [0.5, 0.6) is 5.75 Å². The number of pyridine rings is 1. The zero-order valence-electron chi connectivity index (χ0n) is 12.0. The van der Waals surface area contributed by atoms with Gasteiger partial charge >= 0.3 is 0 Å². The van der Waals surface area contributed by atoms with Crippen molar-refractivity contribution in [3.63, 3.8) is 0 Å². The summed E-state index contributed by atoms with van der Waals surface area (Å²) in [5.74, 6) is 0.300. The number of fused-ring (bicyclic) bond motifs is 1. The van der Waals surface area contributed by atoms with Crippen LogP contribution in [-0.2, 0) is 6.42 Å². The maximum absolute atomic E-state index is 9.57. The smallest absolute Gasteiger partial charge is 0.115 e. The number of likely N-dealkylation sites (N-methyl/N-ethyl adjacent to an activating group) is 1. The topological polar surface area (TPSA) is 45.1 Å². The molecular weight excluding hydrogens is 260 g/mol. The lowest BCUT2D eigenvalue weighted by molar-refractivity contribution is 0.473. The van der Waals surface area contributed by atoms with Crippen molar-refractivity contribution in [1.82, 2.24) is 10.3 Å². The van der Waals surface area contributed by atoms with Gasteiger partial charge in [-0.15, -0.1) is 0 Å². The Morgan fingerprint density at radius 3 is 2.71 bits per heavy atom. The molecule has 0 bridgehead atoms. The Morgan fingerprint density at radius 1 is 1.05 bits per heavy atom. The molecule has 0 spiro atoms. The van der Waals surface area contributed by atoms with Gasteiger partial charge in [-0.2, -0.15) is 0 Å². The van der Waals surface area contributed by atoms with E-state index in [1.165, 1.54) is 0 Å². The van der Waals surface area contributed by atoms with Crippen molar-refractivity contribution in [3.05, 3.63) is 71.9 Å². The summed E-state index contributed by atoms with van der Waals surface area (Å²) in [4.78, 5) is 4.74. The fourth-order valence-corrected chi connectivity index (χ4v) is 2.55. The number of hydrogen-bond donors (Lipinski definition) is 2. The molecule has 21 heavy (non-hydrogen) atoms. The fraction of sp³-hybridized carbons (Fsp3) is 0.167. The predicted octanol–water partition coefficient (Wildman–Crippen LogP) is 3.44. The molecule has 0 fully saturated rings. The Morgan fingerprint density at radius 2 is 1.90 bits per heavy atom. The van der Waals surface area contributed by atoms with Gasteiger partial charge in [-0.25, -0.2) is 0 Å². The minimum absolute atomic E-state index is 0.122. The first-order valence-corrected chi connectivity index (χ1v) is 7.07. The van der Waals surface area contributed by atoms with E-state index < -0.39 is 0 Å². The lowest BCUT2D eigenvalue weighted by Crippen LogP contribution is -2.20. The predicted molar refractivity (Wildman–Crippen MR) is 85.4 cm³/mol. The SMILES string of the molecule is CNC(Cc1cccc(O)c1)c1ccc2ccccc2n1. The first-order chi connectivity index (χ1) is 10.3. The second-order valence-electron chi connectivity index (χ2n) is 5.14. The minimum atomic E-state index is 0.122. The number of phenols is 1. The molecule has 0 aliphatic carbocycles. The summed E-state index contributed by atoms with van der Waals surface area (Å²) < 4.78 is 0. The Balaban J connectivity index is 1.90. The fourth-order valence-electron chi connectivity index (χ4n) is 2.55. The molecular formula is C18H18N2O. The van der Waals surface area contributed by atoms with Crippen molar-refractivity contribution in [2.24, 2.45) is 0 Å². The zero-order valence-corrected chi connectivity index (χ0v) is 12.0. The Labute approximate surface area is 124 Å². The summed E-state index contributed by atoms with van der Waals surface area (Å²) in [6.07, 6.45) is 0.788. The molecule has 2 aromatic carbocycles. The second-order valence-corrected chi connectivity index (χ2v) is 5.14. The number of aromatic nitrogens is 1. The number of nitrogens with one attached hydrogen (secondary N) is 1. The summed E-state index contributed by atoms with van der Waals surface area (Å²) in [6.45, 7) is 0. The van der Waals surface area contributed by atoms with E-state index in [1.807, 2.05) is 37.4 Å². The quantitative estimate of drug-likeness (QED) is 0.768. The highest BCUT2D eigenvalue weighted by molar-refractivity contribution is 5.78. The van der Waals surface area contributed by atoms with Gasteiger partial charge in [0.25, 0.3) is 0 Å². The van der Waals surface area contributed by atoms with Crippen molar-refractivity contribution in [1.29, 1.82) is 0 Å². The van der Waals surface area contributed by atoms with Crippen molar-refractivity contribution in [2.45, 2.75) is 12.5 Å². The lowest BCUT2D eigenvalue weighted by atomic mass is 10.0. The molecule has 0 saturated carbocycles. The normalized spacial score (nSPS) is 12.4. The molecule has 0 radical (unpaired) electrons. The number of phenolic OH excluding ortho intramolecular Hbond substituents is 1. The van der Waals surface area contributed by atoms with Crippen molar-refractivity contribution in [3.8, 4) is 5.75 Å². The van der Waals surface area contributed by atoms with Crippen LogP contribution in [0.4, 0.5) is 0 Å². The van der Waals surface area contributed by atoms with E-state index in [2.05, 4.69) is 23.5 Å². The average molecular weight is 278 g/mol. The van der Waals surface area contributed by atoms with E-state index in [0.717, 1.165) is 28.6 Å². The lowest BCUT2D eigenvalue weighted by Gasteiger charge is -2.16. The van der Waals surface area contributed by atoms with Gasteiger partial charge < -0.3 is 10.4 Å². The summed E-state index contributed by atoms with van der Waals surface area (Å²) >= 11 is 0. The van der Waals surface area contributed by atoms with Crippen LogP contribution in [0.3, 0.4) is 0 Å². The molecule has 0 aliphatic heterocycles. The van der Waals surface area contributed by atoms with Gasteiger partial charge in [-0.1, -0.05) is 36.4 Å². The van der Waals surface area contributed by atoms with Crippen molar-refractivity contribution in [2.75, 3.05) is 7.05 Å².